The molecule has 0 atom stereocenters. The molecule has 0 aliphatic heterocycles. The van der Waals surface area contributed by atoms with E-state index >= 15 is 0 Å². The van der Waals surface area contributed by atoms with E-state index in [1.807, 2.05) is 0 Å². The van der Waals surface area contributed by atoms with Gasteiger partial charge in [0.1, 0.15) is 11.6 Å². The summed E-state index contributed by atoms with van der Waals surface area (Å²) in [5.74, 6) is -1.44. The van der Waals surface area contributed by atoms with Crippen molar-refractivity contribution in [2.24, 2.45) is 0 Å². The summed E-state index contributed by atoms with van der Waals surface area (Å²) in [6, 6.07) is 9.74. The fourth-order valence-corrected chi connectivity index (χ4v) is 2.05. The molecule has 0 aliphatic carbocycles. The van der Waals surface area contributed by atoms with Gasteiger partial charge in [-0.25, -0.2) is 14.6 Å². The molecule has 3 N–H and O–H groups in total. The molecule has 0 aliphatic rings. The Morgan fingerprint density at radius 3 is 2.30 bits per heavy atom. The number of nitrogens with one attached hydrogen (secondary N) is 3. The second-order valence-electron chi connectivity index (χ2n) is 5.31. The first kappa shape index (κ1) is 20.0. The van der Waals surface area contributed by atoms with Gasteiger partial charge >= 0.3 is 12.4 Å². The fourth-order valence-electron chi connectivity index (χ4n) is 2.05. The van der Waals surface area contributed by atoms with Crippen LogP contribution in [0.4, 0.5) is 22.4 Å². The van der Waals surface area contributed by atoms with Crippen molar-refractivity contribution >= 4 is 11.9 Å². The number of rotatable bonds is 5. The molecule has 0 fully saturated rings. The molecule has 0 saturated carbocycles. The van der Waals surface area contributed by atoms with Gasteiger partial charge in [0, 0.05) is 12.1 Å². The van der Waals surface area contributed by atoms with E-state index in [0.29, 0.717) is 5.56 Å². The van der Waals surface area contributed by atoms with Gasteiger partial charge in [0.05, 0.1) is 6.42 Å². The van der Waals surface area contributed by atoms with E-state index < -0.39 is 29.9 Å². The quantitative estimate of drug-likeness (QED) is 0.547. The van der Waals surface area contributed by atoms with Crippen molar-refractivity contribution in [1.29, 1.82) is 0 Å². The summed E-state index contributed by atoms with van der Waals surface area (Å²) < 4.78 is 53.7. The second kappa shape index (κ2) is 8.88. The van der Waals surface area contributed by atoms with Crippen LogP contribution in [0.1, 0.15) is 11.1 Å². The summed E-state index contributed by atoms with van der Waals surface area (Å²) >= 11 is 0. The summed E-state index contributed by atoms with van der Waals surface area (Å²) in [6.07, 6.45) is -4.95. The van der Waals surface area contributed by atoms with Crippen LogP contribution in [0.15, 0.2) is 48.5 Å². The average molecular weight is 385 g/mol. The van der Waals surface area contributed by atoms with E-state index in [1.165, 1.54) is 42.5 Å². The van der Waals surface area contributed by atoms with Crippen LogP contribution in [-0.2, 0) is 17.8 Å². The van der Waals surface area contributed by atoms with Crippen molar-refractivity contribution in [2.45, 2.75) is 19.3 Å². The molecule has 0 unspecified atom stereocenters. The smallest absolute Gasteiger partial charge is 0.405 e. The van der Waals surface area contributed by atoms with Crippen LogP contribution in [0.25, 0.3) is 0 Å². The van der Waals surface area contributed by atoms with Gasteiger partial charge in [-0.05, 0) is 23.8 Å². The average Bonchev–Trinajstić information content (AvgIpc) is 2.60. The highest BCUT2D eigenvalue weighted by Gasteiger charge is 2.31. The number of carbonyl (C=O) groups excluding carboxylic acids is 2. The predicted molar refractivity (Wildman–Crippen MR) is 86.7 cm³/mol. The van der Waals surface area contributed by atoms with E-state index in [2.05, 4.69) is 20.9 Å². The van der Waals surface area contributed by atoms with Crippen molar-refractivity contribution in [2.75, 3.05) is 0 Å². The molecule has 0 spiro atoms. The number of hydrogen-bond donors (Lipinski definition) is 3. The normalized spacial score (nSPS) is 10.8. The summed E-state index contributed by atoms with van der Waals surface area (Å²) in [6.45, 7) is -0.258. The first-order chi connectivity index (χ1) is 12.7. The Balaban J connectivity index is 1.79. The van der Waals surface area contributed by atoms with Gasteiger partial charge in [0.2, 0.25) is 5.91 Å². The van der Waals surface area contributed by atoms with Gasteiger partial charge in [-0.3, -0.25) is 10.2 Å². The van der Waals surface area contributed by atoms with Crippen LogP contribution in [-0.4, -0.2) is 18.3 Å². The van der Waals surface area contributed by atoms with E-state index in [1.54, 1.807) is 0 Å². The predicted octanol–water partition coefficient (Wildman–Crippen LogP) is 2.80. The third kappa shape index (κ3) is 7.22. The first-order valence-electron chi connectivity index (χ1n) is 7.64. The lowest BCUT2D eigenvalue weighted by Gasteiger charge is -2.14. The van der Waals surface area contributed by atoms with Crippen molar-refractivity contribution in [3.8, 4) is 5.75 Å². The van der Waals surface area contributed by atoms with Crippen molar-refractivity contribution in [3.63, 3.8) is 0 Å². The van der Waals surface area contributed by atoms with Gasteiger partial charge in [0.15, 0.2) is 0 Å². The Morgan fingerprint density at radius 2 is 1.63 bits per heavy atom. The lowest BCUT2D eigenvalue weighted by Crippen LogP contribution is -2.47. The highest BCUT2D eigenvalue weighted by molar-refractivity contribution is 5.82. The van der Waals surface area contributed by atoms with Crippen LogP contribution in [0.5, 0.6) is 5.75 Å². The Bertz CT molecular complexity index is 795. The number of para-hydroxylation sites is 1. The molecule has 27 heavy (non-hydrogen) atoms. The number of hydrazine groups is 1. The number of alkyl halides is 3. The van der Waals surface area contributed by atoms with Gasteiger partial charge in [-0.1, -0.05) is 30.3 Å². The number of ether oxygens (including phenoxy) is 1. The molecule has 6 nitrogen and oxygen atoms in total. The van der Waals surface area contributed by atoms with E-state index in [9.17, 15) is 27.2 Å². The molecule has 0 heterocycles. The number of urea groups is 1. The van der Waals surface area contributed by atoms with Crippen molar-refractivity contribution < 1.29 is 31.9 Å². The van der Waals surface area contributed by atoms with Crippen LogP contribution in [0.3, 0.4) is 0 Å². The Morgan fingerprint density at radius 1 is 0.963 bits per heavy atom. The third-order valence-electron chi connectivity index (χ3n) is 3.23. The lowest BCUT2D eigenvalue weighted by atomic mass is 10.1. The topological polar surface area (TPSA) is 79.5 Å². The molecule has 2 rings (SSSR count). The zero-order valence-electron chi connectivity index (χ0n) is 13.8. The fraction of sp³-hybridized carbons (Fsp3) is 0.176. The molecular formula is C17H15F4N3O3. The minimum absolute atomic E-state index is 0.0944. The largest absolute Gasteiger partial charge is 0.573 e. The van der Waals surface area contributed by atoms with Gasteiger partial charge in [0.25, 0.3) is 0 Å². The Hall–Kier alpha value is -3.30. The number of carbonyl (C=O) groups is 2. The Kier molecular flexibility index (Phi) is 6.58. The highest BCUT2D eigenvalue weighted by Crippen LogP contribution is 2.25. The second-order valence-corrected chi connectivity index (χ2v) is 5.31. The van der Waals surface area contributed by atoms with Gasteiger partial charge in [-0.15, -0.1) is 13.2 Å². The number of amides is 3. The molecule has 2 aromatic rings. The van der Waals surface area contributed by atoms with Crippen molar-refractivity contribution in [3.05, 3.63) is 65.5 Å². The van der Waals surface area contributed by atoms with Gasteiger partial charge < -0.3 is 10.1 Å². The molecule has 144 valence electrons. The van der Waals surface area contributed by atoms with Crippen LogP contribution in [0.2, 0.25) is 0 Å². The summed E-state index contributed by atoms with van der Waals surface area (Å²) in [4.78, 5) is 23.4. The molecule has 2 aromatic carbocycles. The number of hydrogen-bond acceptors (Lipinski definition) is 3. The monoisotopic (exact) mass is 385 g/mol. The van der Waals surface area contributed by atoms with Gasteiger partial charge in [-0.2, -0.15) is 0 Å². The maximum atomic E-state index is 12.8. The van der Waals surface area contributed by atoms with Crippen molar-refractivity contribution in [1.82, 2.24) is 16.2 Å². The molecular weight excluding hydrogens is 370 g/mol. The summed E-state index contributed by atoms with van der Waals surface area (Å²) in [7, 11) is 0. The van der Waals surface area contributed by atoms with Crippen LogP contribution in [0, 0.1) is 5.82 Å². The van der Waals surface area contributed by atoms with E-state index in [0.717, 1.165) is 6.07 Å². The minimum atomic E-state index is -4.85. The molecule has 0 bridgehead atoms. The zero-order valence-corrected chi connectivity index (χ0v) is 13.8. The number of benzene rings is 2. The molecule has 0 radical (unpaired) electrons. The molecule has 3 amide bonds. The lowest BCUT2D eigenvalue weighted by molar-refractivity contribution is -0.274. The molecule has 10 heteroatoms. The minimum Gasteiger partial charge on any atom is -0.405 e. The third-order valence-corrected chi connectivity index (χ3v) is 3.23. The van der Waals surface area contributed by atoms with E-state index in [4.69, 9.17) is 0 Å². The zero-order chi connectivity index (χ0) is 19.9. The molecule has 0 saturated heterocycles. The summed E-state index contributed by atoms with van der Waals surface area (Å²) in [5.41, 5.74) is 4.83. The number of halogens is 4. The SMILES string of the molecule is O=C(Cc1ccc(F)cc1)NNC(=O)NCc1ccccc1OC(F)(F)F. The highest BCUT2D eigenvalue weighted by atomic mass is 19.4. The Labute approximate surface area is 151 Å². The maximum Gasteiger partial charge on any atom is 0.573 e. The summed E-state index contributed by atoms with van der Waals surface area (Å²) in [5, 5.41) is 2.29. The molecule has 0 aromatic heterocycles. The standard InChI is InChI=1S/C17H15F4N3O3/c18-13-7-5-11(6-8-13)9-15(25)23-24-16(26)22-10-12-3-1-2-4-14(12)27-17(19,20)21/h1-8H,9-10H2,(H,23,25)(H2,22,24,26). The van der Waals surface area contributed by atoms with E-state index in [-0.39, 0.29) is 18.5 Å². The van der Waals surface area contributed by atoms with Crippen LogP contribution >= 0.6 is 0 Å². The van der Waals surface area contributed by atoms with Crippen LogP contribution < -0.4 is 20.9 Å². The first-order valence-corrected chi connectivity index (χ1v) is 7.64. The maximum absolute atomic E-state index is 12.8.